The maximum Gasteiger partial charge on any atom is 0.240 e. The SMILES string of the molecule is O=C(CN1CCO[C@@H]2CCCC[C@@H]21)Nc1nccs1. The van der Waals surface area contributed by atoms with Crippen LogP contribution >= 0.6 is 11.3 Å². The van der Waals surface area contributed by atoms with Crippen LogP contribution in [0.15, 0.2) is 11.6 Å². The molecule has 3 rings (SSSR count). The molecule has 104 valence electrons. The van der Waals surface area contributed by atoms with E-state index < -0.39 is 0 Å². The molecule has 1 N–H and O–H groups in total. The normalized spacial score (nSPS) is 27.8. The molecule has 2 heterocycles. The third kappa shape index (κ3) is 3.13. The molecule has 1 aromatic heterocycles. The van der Waals surface area contributed by atoms with Gasteiger partial charge in [0.15, 0.2) is 5.13 Å². The Morgan fingerprint density at radius 1 is 1.53 bits per heavy atom. The van der Waals surface area contributed by atoms with Crippen LogP contribution in [0.25, 0.3) is 0 Å². The Balaban J connectivity index is 1.57. The molecule has 1 aromatic rings. The van der Waals surface area contributed by atoms with Crippen molar-refractivity contribution in [2.75, 3.05) is 25.0 Å². The second-order valence-electron chi connectivity index (χ2n) is 5.12. The number of ether oxygens (including phenoxy) is 1. The van der Waals surface area contributed by atoms with Gasteiger partial charge in [0.05, 0.1) is 19.3 Å². The summed E-state index contributed by atoms with van der Waals surface area (Å²) in [5.74, 6) is 0.0289. The van der Waals surface area contributed by atoms with Crippen molar-refractivity contribution in [1.29, 1.82) is 0 Å². The van der Waals surface area contributed by atoms with Crippen molar-refractivity contribution in [2.45, 2.75) is 37.8 Å². The van der Waals surface area contributed by atoms with Gasteiger partial charge in [0.1, 0.15) is 0 Å². The fourth-order valence-electron chi connectivity index (χ4n) is 3.00. The second kappa shape index (κ2) is 5.98. The average molecular weight is 281 g/mol. The largest absolute Gasteiger partial charge is 0.375 e. The van der Waals surface area contributed by atoms with Crippen LogP contribution in [0, 0.1) is 0 Å². The molecule has 2 atom stereocenters. The Morgan fingerprint density at radius 3 is 3.26 bits per heavy atom. The minimum absolute atomic E-state index is 0.0289. The Labute approximate surface area is 117 Å². The molecule has 0 unspecified atom stereocenters. The van der Waals surface area contributed by atoms with Crippen LogP contribution in [-0.4, -0.2) is 47.6 Å². The Morgan fingerprint density at radius 2 is 2.42 bits per heavy atom. The first-order chi connectivity index (χ1) is 9.33. The van der Waals surface area contributed by atoms with E-state index in [-0.39, 0.29) is 5.91 Å². The fourth-order valence-corrected chi connectivity index (χ4v) is 3.55. The number of anilines is 1. The number of aromatic nitrogens is 1. The van der Waals surface area contributed by atoms with Crippen LogP contribution < -0.4 is 5.32 Å². The summed E-state index contributed by atoms with van der Waals surface area (Å²) in [7, 11) is 0. The van der Waals surface area contributed by atoms with E-state index in [4.69, 9.17) is 4.74 Å². The molecule has 0 aromatic carbocycles. The number of hydrogen-bond donors (Lipinski definition) is 1. The molecular formula is C13H19N3O2S. The minimum atomic E-state index is 0.0289. The zero-order chi connectivity index (χ0) is 13.1. The molecule has 1 saturated heterocycles. The summed E-state index contributed by atoms with van der Waals surface area (Å²) >= 11 is 1.45. The smallest absolute Gasteiger partial charge is 0.240 e. The quantitative estimate of drug-likeness (QED) is 0.916. The van der Waals surface area contributed by atoms with Gasteiger partial charge in [0.25, 0.3) is 0 Å². The van der Waals surface area contributed by atoms with Crippen LogP contribution in [0.1, 0.15) is 25.7 Å². The summed E-state index contributed by atoms with van der Waals surface area (Å²) in [6.07, 6.45) is 6.81. The standard InChI is InChI=1S/C13H19N3O2S/c17-12(15-13-14-5-8-19-13)9-16-6-7-18-11-4-2-1-3-10(11)16/h5,8,10-11H,1-4,6-7,9H2,(H,14,15,17)/t10-,11+/m0/s1. The van der Waals surface area contributed by atoms with Gasteiger partial charge < -0.3 is 10.1 Å². The number of nitrogens with zero attached hydrogens (tertiary/aromatic N) is 2. The highest BCUT2D eigenvalue weighted by Crippen LogP contribution is 2.28. The van der Waals surface area contributed by atoms with Crippen LogP contribution in [0.5, 0.6) is 0 Å². The zero-order valence-electron chi connectivity index (χ0n) is 10.9. The number of carbonyl (C=O) groups is 1. The highest BCUT2D eigenvalue weighted by molar-refractivity contribution is 7.13. The van der Waals surface area contributed by atoms with Crippen molar-refractivity contribution in [3.05, 3.63) is 11.6 Å². The van der Waals surface area contributed by atoms with Crippen LogP contribution in [0.4, 0.5) is 5.13 Å². The monoisotopic (exact) mass is 281 g/mol. The maximum atomic E-state index is 12.0. The number of nitrogens with one attached hydrogen (secondary N) is 1. The van der Waals surface area contributed by atoms with Gasteiger partial charge in [-0.3, -0.25) is 9.69 Å². The predicted octanol–water partition coefficient (Wildman–Crippen LogP) is 1.72. The molecule has 2 fully saturated rings. The summed E-state index contributed by atoms with van der Waals surface area (Å²) in [5, 5.41) is 5.39. The first kappa shape index (κ1) is 13.0. The summed E-state index contributed by atoms with van der Waals surface area (Å²) < 4.78 is 5.82. The zero-order valence-corrected chi connectivity index (χ0v) is 11.7. The van der Waals surface area contributed by atoms with Crippen molar-refractivity contribution in [3.8, 4) is 0 Å². The number of rotatable bonds is 3. The summed E-state index contributed by atoms with van der Waals surface area (Å²) in [6, 6.07) is 0.421. The molecule has 1 saturated carbocycles. The average Bonchev–Trinajstić information content (AvgIpc) is 2.92. The first-order valence-corrected chi connectivity index (χ1v) is 7.76. The van der Waals surface area contributed by atoms with E-state index >= 15 is 0 Å². The van der Waals surface area contributed by atoms with Crippen molar-refractivity contribution in [2.24, 2.45) is 0 Å². The summed E-state index contributed by atoms with van der Waals surface area (Å²) in [4.78, 5) is 18.4. The first-order valence-electron chi connectivity index (χ1n) is 6.88. The van der Waals surface area contributed by atoms with Gasteiger partial charge in [-0.05, 0) is 12.8 Å². The van der Waals surface area contributed by atoms with Gasteiger partial charge in [-0.1, -0.05) is 12.8 Å². The lowest BCUT2D eigenvalue weighted by Gasteiger charge is -2.43. The number of thiazole rings is 1. The Kier molecular flexibility index (Phi) is 4.10. The Hall–Kier alpha value is -0.980. The number of hydrogen-bond acceptors (Lipinski definition) is 5. The predicted molar refractivity (Wildman–Crippen MR) is 74.3 cm³/mol. The molecule has 0 radical (unpaired) electrons. The van der Waals surface area contributed by atoms with Gasteiger partial charge in [0, 0.05) is 24.2 Å². The van der Waals surface area contributed by atoms with E-state index in [0.29, 0.717) is 23.8 Å². The lowest BCUT2D eigenvalue weighted by atomic mass is 9.90. The number of fused-ring (bicyclic) bond motifs is 1. The molecule has 6 heteroatoms. The number of amides is 1. The highest BCUT2D eigenvalue weighted by Gasteiger charge is 2.34. The van der Waals surface area contributed by atoms with Crippen LogP contribution in [-0.2, 0) is 9.53 Å². The lowest BCUT2D eigenvalue weighted by molar-refractivity contribution is -0.124. The molecule has 5 nitrogen and oxygen atoms in total. The second-order valence-corrected chi connectivity index (χ2v) is 6.01. The molecule has 1 aliphatic carbocycles. The van der Waals surface area contributed by atoms with Crippen molar-refractivity contribution >= 4 is 22.4 Å². The third-order valence-electron chi connectivity index (χ3n) is 3.87. The van der Waals surface area contributed by atoms with Crippen molar-refractivity contribution < 1.29 is 9.53 Å². The fraction of sp³-hybridized carbons (Fsp3) is 0.692. The minimum Gasteiger partial charge on any atom is -0.375 e. The van der Waals surface area contributed by atoms with Gasteiger partial charge in [-0.15, -0.1) is 11.3 Å². The lowest BCUT2D eigenvalue weighted by Crippen LogP contribution is -2.54. The molecule has 1 amide bonds. The van der Waals surface area contributed by atoms with E-state index in [1.165, 1.54) is 24.2 Å². The maximum absolute atomic E-state index is 12.0. The van der Waals surface area contributed by atoms with Crippen molar-refractivity contribution in [1.82, 2.24) is 9.88 Å². The van der Waals surface area contributed by atoms with E-state index in [1.54, 1.807) is 6.20 Å². The van der Waals surface area contributed by atoms with Crippen molar-refractivity contribution in [3.63, 3.8) is 0 Å². The molecule has 1 aliphatic heterocycles. The van der Waals surface area contributed by atoms with E-state index in [0.717, 1.165) is 26.0 Å². The number of carbonyl (C=O) groups excluding carboxylic acids is 1. The van der Waals surface area contributed by atoms with E-state index in [2.05, 4.69) is 15.2 Å². The van der Waals surface area contributed by atoms with Crippen LogP contribution in [0.3, 0.4) is 0 Å². The molecular weight excluding hydrogens is 262 g/mol. The molecule has 0 bridgehead atoms. The van der Waals surface area contributed by atoms with Gasteiger partial charge in [-0.25, -0.2) is 4.98 Å². The summed E-state index contributed by atoms with van der Waals surface area (Å²) in [6.45, 7) is 2.04. The third-order valence-corrected chi connectivity index (χ3v) is 4.56. The Bertz CT molecular complexity index is 422. The van der Waals surface area contributed by atoms with Gasteiger partial charge in [0.2, 0.25) is 5.91 Å². The highest BCUT2D eigenvalue weighted by atomic mass is 32.1. The molecule has 19 heavy (non-hydrogen) atoms. The van der Waals surface area contributed by atoms with Gasteiger partial charge in [-0.2, -0.15) is 0 Å². The molecule has 0 spiro atoms. The van der Waals surface area contributed by atoms with Gasteiger partial charge >= 0.3 is 0 Å². The number of morpholine rings is 1. The summed E-state index contributed by atoms with van der Waals surface area (Å²) in [5.41, 5.74) is 0. The molecule has 2 aliphatic rings. The van der Waals surface area contributed by atoms with E-state index in [9.17, 15) is 4.79 Å². The van der Waals surface area contributed by atoms with Crippen LogP contribution in [0.2, 0.25) is 0 Å². The van der Waals surface area contributed by atoms with E-state index in [1.807, 2.05) is 5.38 Å². The topological polar surface area (TPSA) is 54.5 Å².